The van der Waals surface area contributed by atoms with Gasteiger partial charge in [-0.3, -0.25) is 4.79 Å². The molecule has 6 rings (SSSR count). The smallest absolute Gasteiger partial charge is 0.407 e. The SMILES string of the molecule is CC=CC=C(C)C=CC=C(C)C=CC=C(C)CCC=C(C)CCC(=O)[C@@H](CCCCNC(=O)OCC1c2ccccc2-c2ccccc21)NC(=O)OCC1c2ccccc2-c2ccccc21. The van der Waals surface area contributed by atoms with Gasteiger partial charge in [-0.2, -0.15) is 0 Å². The van der Waals surface area contributed by atoms with E-state index in [1.807, 2.05) is 67.6 Å². The number of Topliss-reactive ketones (excluding diaryl/α,β-unsaturated/α-hetero) is 1. The second kappa shape index (κ2) is 25.1. The number of hydrogen-bond donors (Lipinski definition) is 2. The molecule has 0 saturated carbocycles. The molecule has 4 aromatic carbocycles. The predicted octanol–water partition coefficient (Wildman–Crippen LogP) is 14.2. The molecular weight excluding hydrogens is 817 g/mol. The van der Waals surface area contributed by atoms with Crippen molar-refractivity contribution < 1.29 is 23.9 Å². The molecule has 1 atom stereocenters. The lowest BCUT2D eigenvalue weighted by atomic mass is 9.98. The van der Waals surface area contributed by atoms with Crippen molar-refractivity contribution in [2.75, 3.05) is 19.8 Å². The van der Waals surface area contributed by atoms with Crippen LogP contribution in [0, 0.1) is 0 Å². The van der Waals surface area contributed by atoms with E-state index >= 15 is 0 Å². The summed E-state index contributed by atoms with van der Waals surface area (Å²) in [5.74, 6) is -0.140. The van der Waals surface area contributed by atoms with Crippen LogP contribution in [0.4, 0.5) is 9.59 Å². The summed E-state index contributed by atoms with van der Waals surface area (Å²) in [6.45, 7) is 11.2. The normalized spacial score (nSPS) is 14.6. The molecule has 7 heteroatoms. The lowest BCUT2D eigenvalue weighted by molar-refractivity contribution is -0.121. The van der Waals surface area contributed by atoms with Gasteiger partial charge in [-0.15, -0.1) is 0 Å². The summed E-state index contributed by atoms with van der Waals surface area (Å²) >= 11 is 0. The average Bonchev–Trinajstić information content (AvgIpc) is 3.82. The zero-order valence-corrected chi connectivity index (χ0v) is 39.4. The van der Waals surface area contributed by atoms with Gasteiger partial charge >= 0.3 is 12.2 Å². The third-order valence-corrected chi connectivity index (χ3v) is 12.4. The van der Waals surface area contributed by atoms with Crippen LogP contribution < -0.4 is 10.6 Å². The van der Waals surface area contributed by atoms with Crippen molar-refractivity contribution in [1.29, 1.82) is 0 Å². The first-order valence-corrected chi connectivity index (χ1v) is 23.5. The molecule has 0 bridgehead atoms. The molecule has 342 valence electrons. The number of amides is 2. The molecule has 0 aromatic heterocycles. The number of carbonyl (C=O) groups excluding carboxylic acids is 3. The summed E-state index contributed by atoms with van der Waals surface area (Å²) in [4.78, 5) is 40.1. The van der Waals surface area contributed by atoms with E-state index in [9.17, 15) is 14.4 Å². The fraction of sp³-hybridized carbons (Fsp3) is 0.305. The van der Waals surface area contributed by atoms with E-state index in [-0.39, 0.29) is 30.8 Å². The Morgan fingerprint density at radius 1 is 0.576 bits per heavy atom. The molecule has 2 aliphatic carbocycles. The standard InChI is InChI=1S/C59H66N2O5/c1-6-7-21-42(2)22-18-23-43(3)24-19-25-44(4)26-20-27-45(5)37-38-57(62)56(61-59(64)66-41-55-52-34-14-10-30-48(52)49-31-11-15-35-53(49)55)36-16-17-39-60-58(63)65-40-54-50-32-12-8-28-46(50)47-29-9-13-33-51(47)54/h6-15,18-19,21-25,27-35,54-56H,16-17,20,26,36-41H2,1-5H3,(H,60,63)(H,61,64)/t56-/m1/s1. The number of unbranched alkanes of at least 4 members (excludes halogenated alkanes) is 1. The topological polar surface area (TPSA) is 93.7 Å². The fourth-order valence-electron chi connectivity index (χ4n) is 8.71. The molecule has 7 nitrogen and oxygen atoms in total. The molecule has 0 radical (unpaired) electrons. The van der Waals surface area contributed by atoms with Crippen molar-refractivity contribution in [2.24, 2.45) is 0 Å². The molecule has 66 heavy (non-hydrogen) atoms. The molecule has 4 aromatic rings. The van der Waals surface area contributed by atoms with Crippen LogP contribution in [-0.4, -0.2) is 43.8 Å². The number of ether oxygens (including phenoxy) is 2. The summed E-state index contributed by atoms with van der Waals surface area (Å²) in [7, 11) is 0. The summed E-state index contributed by atoms with van der Waals surface area (Å²) in [6.07, 6.45) is 24.2. The highest BCUT2D eigenvalue weighted by molar-refractivity contribution is 5.87. The zero-order chi connectivity index (χ0) is 46.7. The van der Waals surface area contributed by atoms with E-state index in [2.05, 4.69) is 135 Å². The van der Waals surface area contributed by atoms with Gasteiger partial charge in [0.2, 0.25) is 0 Å². The van der Waals surface area contributed by atoms with E-state index in [0.717, 1.165) is 51.8 Å². The summed E-state index contributed by atoms with van der Waals surface area (Å²) < 4.78 is 11.6. The Labute approximate surface area is 392 Å². The number of carbonyl (C=O) groups is 3. The van der Waals surface area contributed by atoms with Crippen molar-refractivity contribution in [1.82, 2.24) is 10.6 Å². The molecule has 0 fully saturated rings. The number of benzene rings is 4. The Bertz CT molecular complexity index is 2440. The quantitative estimate of drug-likeness (QED) is 0.0466. The number of hydrogen-bond acceptors (Lipinski definition) is 5. The minimum atomic E-state index is -0.716. The number of alkyl carbamates (subject to hydrolysis) is 2. The highest BCUT2D eigenvalue weighted by Gasteiger charge is 2.31. The first kappa shape index (κ1) is 48.7. The Morgan fingerprint density at radius 2 is 1.06 bits per heavy atom. The monoisotopic (exact) mass is 882 g/mol. The van der Waals surface area contributed by atoms with Crippen LogP contribution in [0.3, 0.4) is 0 Å². The van der Waals surface area contributed by atoms with Gasteiger partial charge in [0.15, 0.2) is 5.78 Å². The fourth-order valence-corrected chi connectivity index (χ4v) is 8.71. The maximum absolute atomic E-state index is 13.8. The Balaban J connectivity index is 0.983. The van der Waals surface area contributed by atoms with Gasteiger partial charge in [-0.05, 0) is 118 Å². The molecule has 2 N–H and O–H groups in total. The van der Waals surface area contributed by atoms with Gasteiger partial charge in [0.05, 0.1) is 6.04 Å². The summed E-state index contributed by atoms with van der Waals surface area (Å²) in [5, 5.41) is 5.80. The van der Waals surface area contributed by atoms with Gasteiger partial charge in [-0.1, -0.05) is 180 Å². The van der Waals surface area contributed by atoms with Crippen molar-refractivity contribution >= 4 is 18.0 Å². The zero-order valence-electron chi connectivity index (χ0n) is 39.4. The van der Waals surface area contributed by atoms with Crippen molar-refractivity contribution in [3.8, 4) is 22.3 Å². The van der Waals surface area contributed by atoms with Gasteiger partial charge in [0.25, 0.3) is 0 Å². The number of nitrogens with one attached hydrogen (secondary N) is 2. The van der Waals surface area contributed by atoms with Crippen LogP contribution in [0.15, 0.2) is 180 Å². The third-order valence-electron chi connectivity index (χ3n) is 12.4. The van der Waals surface area contributed by atoms with E-state index in [1.54, 1.807) is 0 Å². The first-order valence-electron chi connectivity index (χ1n) is 23.5. The third kappa shape index (κ3) is 13.9. The van der Waals surface area contributed by atoms with Crippen LogP contribution in [0.5, 0.6) is 0 Å². The second-order valence-corrected chi connectivity index (χ2v) is 17.4. The number of rotatable bonds is 22. The van der Waals surface area contributed by atoms with Crippen molar-refractivity contribution in [2.45, 2.75) is 97.4 Å². The summed E-state index contributed by atoms with van der Waals surface area (Å²) in [6, 6.07) is 32.2. The minimum Gasteiger partial charge on any atom is -0.449 e. The lowest BCUT2D eigenvalue weighted by Crippen LogP contribution is -2.41. The van der Waals surface area contributed by atoms with Crippen molar-refractivity contribution in [3.05, 3.63) is 202 Å². The molecule has 0 heterocycles. The number of ketones is 1. The average molecular weight is 883 g/mol. The van der Waals surface area contributed by atoms with Crippen LogP contribution in [0.25, 0.3) is 22.3 Å². The second-order valence-electron chi connectivity index (χ2n) is 17.4. The van der Waals surface area contributed by atoms with Crippen molar-refractivity contribution in [3.63, 3.8) is 0 Å². The molecule has 2 amide bonds. The van der Waals surface area contributed by atoms with E-state index in [1.165, 1.54) is 27.8 Å². The lowest BCUT2D eigenvalue weighted by Gasteiger charge is -2.20. The van der Waals surface area contributed by atoms with Gasteiger partial charge in [0, 0.05) is 24.8 Å². The van der Waals surface area contributed by atoms with E-state index in [0.29, 0.717) is 38.6 Å². The van der Waals surface area contributed by atoms with E-state index in [4.69, 9.17) is 9.47 Å². The first-order chi connectivity index (χ1) is 32.1. The number of fused-ring (bicyclic) bond motifs is 6. The molecule has 0 unspecified atom stereocenters. The maximum Gasteiger partial charge on any atom is 0.407 e. The largest absolute Gasteiger partial charge is 0.449 e. The van der Waals surface area contributed by atoms with Gasteiger partial charge in [0.1, 0.15) is 13.2 Å². The molecule has 2 aliphatic rings. The molecular formula is C59H66N2O5. The van der Waals surface area contributed by atoms with Gasteiger partial charge < -0.3 is 20.1 Å². The predicted molar refractivity (Wildman–Crippen MR) is 271 cm³/mol. The Hall–Kier alpha value is -6.73. The maximum atomic E-state index is 13.8. The number of allylic oxidation sites excluding steroid dienone is 14. The Kier molecular flexibility index (Phi) is 18.5. The van der Waals surface area contributed by atoms with Crippen LogP contribution >= 0.6 is 0 Å². The Morgan fingerprint density at radius 3 is 1.59 bits per heavy atom. The minimum absolute atomic E-state index is 0.0166. The van der Waals surface area contributed by atoms with Gasteiger partial charge in [-0.25, -0.2) is 9.59 Å². The van der Waals surface area contributed by atoms with E-state index < -0.39 is 18.2 Å². The summed E-state index contributed by atoms with van der Waals surface area (Å²) in [5.41, 5.74) is 14.0. The van der Waals surface area contributed by atoms with Crippen LogP contribution in [0.2, 0.25) is 0 Å². The molecule has 0 saturated heterocycles. The highest BCUT2D eigenvalue weighted by Crippen LogP contribution is 2.45. The highest BCUT2D eigenvalue weighted by atomic mass is 16.6. The van der Waals surface area contributed by atoms with Crippen LogP contribution in [0.1, 0.15) is 114 Å². The van der Waals surface area contributed by atoms with Crippen LogP contribution in [-0.2, 0) is 14.3 Å². The molecule has 0 spiro atoms. The molecule has 0 aliphatic heterocycles.